The number of rotatable bonds is 4. The Balaban J connectivity index is 1.54. The average Bonchev–Trinajstić information content (AvgIpc) is 3.02. The molecule has 144 valence electrons. The van der Waals surface area contributed by atoms with Gasteiger partial charge in [0.2, 0.25) is 0 Å². The number of carbonyl (C=O) groups excluding carboxylic acids is 1. The van der Waals surface area contributed by atoms with Crippen LogP contribution < -0.4 is 9.80 Å². The van der Waals surface area contributed by atoms with Gasteiger partial charge in [0.25, 0.3) is 5.91 Å². The number of carbonyl (C=O) groups is 1. The number of hydrogen-bond donors (Lipinski definition) is 0. The third-order valence-corrected chi connectivity index (χ3v) is 6.15. The molecule has 4 rings (SSSR count). The van der Waals surface area contributed by atoms with Crippen molar-refractivity contribution in [1.29, 1.82) is 0 Å². The fraction of sp³-hybridized carbons (Fsp3) is 0.0435. The Kier molecular flexibility index (Phi) is 5.72. The summed E-state index contributed by atoms with van der Waals surface area (Å²) in [7, 11) is 2.03. The second kappa shape index (κ2) is 8.41. The van der Waals surface area contributed by atoms with Gasteiger partial charge in [-0.25, -0.2) is 0 Å². The second-order valence-electron chi connectivity index (χ2n) is 6.48. The molecule has 0 spiro atoms. The van der Waals surface area contributed by atoms with Crippen LogP contribution in [0.4, 0.5) is 17.1 Å². The van der Waals surface area contributed by atoms with Gasteiger partial charge in [-0.15, -0.1) is 0 Å². The molecular weight excluding hydrogens is 420 g/mol. The lowest BCUT2D eigenvalue weighted by Gasteiger charge is -2.19. The fourth-order valence-corrected chi connectivity index (χ4v) is 4.45. The molecule has 1 aliphatic rings. The van der Waals surface area contributed by atoms with E-state index in [2.05, 4.69) is 17.0 Å². The Labute approximate surface area is 184 Å². The van der Waals surface area contributed by atoms with E-state index in [0.29, 0.717) is 14.2 Å². The van der Waals surface area contributed by atoms with Crippen LogP contribution >= 0.6 is 35.6 Å². The Bertz CT molecular complexity index is 1080. The summed E-state index contributed by atoms with van der Waals surface area (Å²) in [5.74, 6) is -0.118. The van der Waals surface area contributed by atoms with Crippen LogP contribution in [0.25, 0.3) is 6.08 Å². The highest BCUT2D eigenvalue weighted by Crippen LogP contribution is 2.36. The molecule has 0 unspecified atom stereocenters. The van der Waals surface area contributed by atoms with E-state index in [1.807, 2.05) is 55.6 Å². The molecule has 1 heterocycles. The van der Waals surface area contributed by atoms with Gasteiger partial charge in [0.05, 0.1) is 10.6 Å². The molecule has 3 aromatic rings. The molecule has 29 heavy (non-hydrogen) atoms. The number of para-hydroxylation sites is 1. The van der Waals surface area contributed by atoms with Crippen molar-refractivity contribution in [2.45, 2.75) is 0 Å². The summed E-state index contributed by atoms with van der Waals surface area (Å²) < 4.78 is 0.518. The molecule has 0 aromatic heterocycles. The molecule has 0 atom stereocenters. The van der Waals surface area contributed by atoms with Crippen LogP contribution in [-0.4, -0.2) is 17.3 Å². The molecule has 1 fully saturated rings. The van der Waals surface area contributed by atoms with Gasteiger partial charge in [-0.2, -0.15) is 0 Å². The van der Waals surface area contributed by atoms with Crippen molar-refractivity contribution in [3.63, 3.8) is 0 Å². The van der Waals surface area contributed by atoms with Crippen molar-refractivity contribution in [2.75, 3.05) is 16.8 Å². The number of halogens is 1. The minimum Gasteiger partial charge on any atom is -0.345 e. The third-order valence-electron chi connectivity index (χ3n) is 4.60. The first-order chi connectivity index (χ1) is 14.0. The maximum Gasteiger partial charge on any atom is 0.270 e. The summed E-state index contributed by atoms with van der Waals surface area (Å²) in [4.78, 5) is 17.1. The van der Waals surface area contributed by atoms with Gasteiger partial charge < -0.3 is 4.90 Å². The van der Waals surface area contributed by atoms with E-state index in [1.54, 1.807) is 29.2 Å². The molecule has 0 N–H and O–H groups in total. The Hall–Kier alpha value is -2.60. The van der Waals surface area contributed by atoms with Gasteiger partial charge in [-0.05, 0) is 60.2 Å². The van der Waals surface area contributed by atoms with Gasteiger partial charge in [-0.1, -0.05) is 65.9 Å². The fourth-order valence-electron chi connectivity index (χ4n) is 3.03. The topological polar surface area (TPSA) is 23.6 Å². The van der Waals surface area contributed by atoms with Crippen LogP contribution in [0.5, 0.6) is 0 Å². The van der Waals surface area contributed by atoms with Gasteiger partial charge in [0, 0.05) is 23.4 Å². The van der Waals surface area contributed by atoms with E-state index in [4.69, 9.17) is 23.8 Å². The lowest BCUT2D eigenvalue weighted by Crippen LogP contribution is -2.27. The molecule has 0 bridgehead atoms. The van der Waals surface area contributed by atoms with E-state index in [0.717, 1.165) is 22.6 Å². The van der Waals surface area contributed by atoms with Crippen LogP contribution in [0.2, 0.25) is 5.02 Å². The van der Waals surface area contributed by atoms with Crippen LogP contribution in [0.15, 0.2) is 83.8 Å². The van der Waals surface area contributed by atoms with E-state index in [9.17, 15) is 4.79 Å². The maximum atomic E-state index is 12.9. The van der Waals surface area contributed by atoms with E-state index >= 15 is 0 Å². The van der Waals surface area contributed by atoms with Crippen LogP contribution in [0.1, 0.15) is 5.56 Å². The lowest BCUT2D eigenvalue weighted by atomic mass is 10.1. The number of thioether (sulfide) groups is 1. The zero-order valence-electron chi connectivity index (χ0n) is 15.6. The number of thiocarbonyl (C=S) groups is 1. The van der Waals surface area contributed by atoms with Crippen LogP contribution in [-0.2, 0) is 4.79 Å². The van der Waals surface area contributed by atoms with Crippen molar-refractivity contribution in [3.05, 3.63) is 94.4 Å². The Morgan fingerprint density at radius 3 is 2.21 bits per heavy atom. The zero-order valence-corrected chi connectivity index (χ0v) is 18.0. The predicted molar refractivity (Wildman–Crippen MR) is 128 cm³/mol. The first-order valence-electron chi connectivity index (χ1n) is 8.95. The largest absolute Gasteiger partial charge is 0.345 e. The van der Waals surface area contributed by atoms with Crippen molar-refractivity contribution in [2.24, 2.45) is 0 Å². The smallest absolute Gasteiger partial charge is 0.270 e. The van der Waals surface area contributed by atoms with E-state index < -0.39 is 0 Å². The third kappa shape index (κ3) is 4.22. The van der Waals surface area contributed by atoms with Crippen molar-refractivity contribution in [1.82, 2.24) is 0 Å². The van der Waals surface area contributed by atoms with Crippen molar-refractivity contribution in [3.8, 4) is 0 Å². The van der Waals surface area contributed by atoms with Gasteiger partial charge in [-0.3, -0.25) is 9.69 Å². The summed E-state index contributed by atoms with van der Waals surface area (Å²) in [5.41, 5.74) is 3.86. The number of anilines is 3. The molecular formula is C23H17ClN2OS2. The van der Waals surface area contributed by atoms with E-state index in [1.165, 1.54) is 11.8 Å². The van der Waals surface area contributed by atoms with Gasteiger partial charge in [0.15, 0.2) is 4.32 Å². The Morgan fingerprint density at radius 1 is 0.931 bits per heavy atom. The predicted octanol–water partition coefficient (Wildman–Crippen LogP) is 6.51. The molecule has 1 amide bonds. The lowest BCUT2D eigenvalue weighted by molar-refractivity contribution is -0.113. The van der Waals surface area contributed by atoms with Gasteiger partial charge in [0.1, 0.15) is 0 Å². The minimum absolute atomic E-state index is 0.118. The highest BCUT2D eigenvalue weighted by Gasteiger charge is 2.33. The summed E-state index contributed by atoms with van der Waals surface area (Å²) >= 11 is 12.7. The Morgan fingerprint density at radius 2 is 1.55 bits per heavy atom. The van der Waals surface area contributed by atoms with Crippen LogP contribution in [0, 0.1) is 0 Å². The standard InChI is InChI=1S/C23H17ClN2OS2/c1-25(18-5-3-2-4-6-18)19-11-7-16(8-12-19)15-21-22(27)26(23(28)29-21)20-13-9-17(24)10-14-20/h2-15H,1H3/b21-15+. The summed E-state index contributed by atoms with van der Waals surface area (Å²) in [6, 6.07) is 25.3. The number of nitrogens with zero attached hydrogens (tertiary/aromatic N) is 2. The summed E-state index contributed by atoms with van der Waals surface area (Å²) in [5, 5.41) is 0.621. The molecule has 1 saturated heterocycles. The van der Waals surface area contributed by atoms with Crippen molar-refractivity contribution >= 4 is 68.9 Å². The summed E-state index contributed by atoms with van der Waals surface area (Å²) in [6.45, 7) is 0. The second-order valence-corrected chi connectivity index (χ2v) is 8.59. The molecule has 0 saturated carbocycles. The number of benzene rings is 3. The first kappa shape index (κ1) is 19.7. The normalized spacial score (nSPS) is 15.2. The number of hydrogen-bond acceptors (Lipinski definition) is 4. The molecule has 0 radical (unpaired) electrons. The molecule has 3 aromatic carbocycles. The van der Waals surface area contributed by atoms with Crippen molar-refractivity contribution < 1.29 is 4.79 Å². The highest BCUT2D eigenvalue weighted by molar-refractivity contribution is 8.27. The SMILES string of the molecule is CN(c1ccccc1)c1ccc(/C=C2/SC(=S)N(c3ccc(Cl)cc3)C2=O)cc1. The first-order valence-corrected chi connectivity index (χ1v) is 10.6. The molecule has 1 aliphatic heterocycles. The average molecular weight is 437 g/mol. The van der Waals surface area contributed by atoms with E-state index in [-0.39, 0.29) is 5.91 Å². The maximum absolute atomic E-state index is 12.9. The van der Waals surface area contributed by atoms with Crippen LogP contribution in [0.3, 0.4) is 0 Å². The molecule has 0 aliphatic carbocycles. The highest BCUT2D eigenvalue weighted by atomic mass is 35.5. The zero-order chi connectivity index (χ0) is 20.4. The molecule has 3 nitrogen and oxygen atoms in total. The summed E-state index contributed by atoms with van der Waals surface area (Å²) in [6.07, 6.45) is 1.88. The number of amides is 1. The molecule has 6 heteroatoms. The monoisotopic (exact) mass is 436 g/mol. The van der Waals surface area contributed by atoms with Gasteiger partial charge >= 0.3 is 0 Å². The quantitative estimate of drug-likeness (QED) is 0.343. The minimum atomic E-state index is -0.118.